The van der Waals surface area contributed by atoms with Gasteiger partial charge in [0, 0.05) is 50.5 Å². The van der Waals surface area contributed by atoms with Gasteiger partial charge in [0.2, 0.25) is 5.91 Å². The molecule has 0 aromatic heterocycles. The van der Waals surface area contributed by atoms with Crippen molar-refractivity contribution in [2.45, 2.75) is 44.4 Å². The Morgan fingerprint density at radius 2 is 1.64 bits per heavy atom. The van der Waals surface area contributed by atoms with Crippen LogP contribution >= 0.6 is 11.8 Å². The molecule has 3 aliphatic rings. The van der Waals surface area contributed by atoms with E-state index in [1.165, 1.54) is 11.1 Å². The predicted molar refractivity (Wildman–Crippen MR) is 102 cm³/mol. The Kier molecular flexibility index (Phi) is 4.82. The summed E-state index contributed by atoms with van der Waals surface area (Å²) in [4.78, 5) is 18.3. The highest BCUT2D eigenvalue weighted by Crippen LogP contribution is 2.38. The Morgan fingerprint density at radius 3 is 2.20 bits per heavy atom. The maximum absolute atomic E-state index is 13.7. The molecule has 2 atom stereocenters. The minimum absolute atomic E-state index is 0.175. The number of fused-ring (bicyclic) bond motifs is 1. The normalized spacial score (nSPS) is 29.4. The lowest BCUT2D eigenvalue weighted by Gasteiger charge is -2.48. The molecule has 1 aromatic carbocycles. The standard InChI is InChI=1S/C20H28N2O2S/c1-15-13-22(14-16(2)24-15)20(19(23)21-7-9-25-10-8-21)11-17-5-3-4-6-18(17)12-20/h3-6,15-16H,7-14H2,1-2H3/t15-,16+. The van der Waals surface area contributed by atoms with Crippen molar-refractivity contribution < 1.29 is 9.53 Å². The van der Waals surface area contributed by atoms with E-state index >= 15 is 0 Å². The Balaban J connectivity index is 1.68. The molecular formula is C20H28N2O2S. The fourth-order valence-electron chi connectivity index (χ4n) is 4.69. The van der Waals surface area contributed by atoms with Gasteiger partial charge >= 0.3 is 0 Å². The molecule has 1 aliphatic carbocycles. The van der Waals surface area contributed by atoms with Gasteiger partial charge in [-0.2, -0.15) is 11.8 Å². The number of nitrogens with zero attached hydrogens (tertiary/aromatic N) is 2. The minimum Gasteiger partial charge on any atom is -0.373 e. The van der Waals surface area contributed by atoms with Crippen LogP contribution in [0.25, 0.3) is 0 Å². The molecular weight excluding hydrogens is 332 g/mol. The van der Waals surface area contributed by atoms with Gasteiger partial charge in [0.1, 0.15) is 5.54 Å². The van der Waals surface area contributed by atoms with Crippen molar-refractivity contribution in [1.82, 2.24) is 9.80 Å². The summed E-state index contributed by atoms with van der Waals surface area (Å²) in [6.45, 7) is 7.70. The molecule has 4 rings (SSSR count). The van der Waals surface area contributed by atoms with Crippen LogP contribution in [0, 0.1) is 0 Å². The van der Waals surface area contributed by atoms with Gasteiger partial charge in [-0.1, -0.05) is 24.3 Å². The zero-order valence-corrected chi connectivity index (χ0v) is 16.1. The highest BCUT2D eigenvalue weighted by Gasteiger charge is 2.51. The summed E-state index contributed by atoms with van der Waals surface area (Å²) in [6, 6.07) is 8.59. The van der Waals surface area contributed by atoms with Crippen LogP contribution in [0.4, 0.5) is 0 Å². The van der Waals surface area contributed by atoms with Crippen LogP contribution in [0.5, 0.6) is 0 Å². The smallest absolute Gasteiger partial charge is 0.243 e. The topological polar surface area (TPSA) is 32.8 Å². The number of hydrogen-bond donors (Lipinski definition) is 0. The second-order valence-corrected chi connectivity index (χ2v) is 8.95. The number of ether oxygens (including phenoxy) is 1. The molecule has 0 spiro atoms. The molecule has 25 heavy (non-hydrogen) atoms. The van der Waals surface area contributed by atoms with Crippen LogP contribution in [0.15, 0.2) is 24.3 Å². The Hall–Kier alpha value is -1.04. The summed E-state index contributed by atoms with van der Waals surface area (Å²) in [5, 5.41) is 0. The molecule has 4 nitrogen and oxygen atoms in total. The zero-order valence-electron chi connectivity index (χ0n) is 15.2. The monoisotopic (exact) mass is 360 g/mol. The van der Waals surface area contributed by atoms with Crippen molar-refractivity contribution >= 4 is 17.7 Å². The molecule has 5 heteroatoms. The molecule has 2 fully saturated rings. The highest BCUT2D eigenvalue weighted by molar-refractivity contribution is 7.99. The summed E-state index contributed by atoms with van der Waals surface area (Å²) < 4.78 is 5.95. The predicted octanol–water partition coefficient (Wildman–Crippen LogP) is 2.21. The minimum atomic E-state index is -0.419. The number of morpholine rings is 1. The van der Waals surface area contributed by atoms with Crippen molar-refractivity contribution in [1.29, 1.82) is 0 Å². The van der Waals surface area contributed by atoms with E-state index in [2.05, 4.69) is 47.9 Å². The average molecular weight is 361 g/mol. The first-order valence-electron chi connectivity index (χ1n) is 9.43. The van der Waals surface area contributed by atoms with Gasteiger partial charge < -0.3 is 9.64 Å². The lowest BCUT2D eigenvalue weighted by atomic mass is 9.89. The molecule has 0 radical (unpaired) electrons. The first-order chi connectivity index (χ1) is 12.1. The lowest BCUT2D eigenvalue weighted by Crippen LogP contribution is -2.65. The SMILES string of the molecule is C[C@@H]1CN(C2(C(=O)N3CCSCC3)Cc3ccccc3C2)C[C@H](C)O1. The molecule has 1 aromatic rings. The molecule has 2 heterocycles. The number of carbonyl (C=O) groups is 1. The van der Waals surface area contributed by atoms with E-state index in [1.807, 2.05) is 11.8 Å². The molecule has 136 valence electrons. The Labute approximate surface area is 154 Å². The highest BCUT2D eigenvalue weighted by atomic mass is 32.2. The Morgan fingerprint density at radius 1 is 1.08 bits per heavy atom. The molecule has 0 N–H and O–H groups in total. The molecule has 1 amide bonds. The van der Waals surface area contributed by atoms with Gasteiger partial charge in [-0.3, -0.25) is 9.69 Å². The van der Waals surface area contributed by atoms with Gasteiger partial charge in [0.05, 0.1) is 12.2 Å². The Bertz CT molecular complexity index is 609. The fraction of sp³-hybridized carbons (Fsp3) is 0.650. The number of rotatable bonds is 2. The number of thioether (sulfide) groups is 1. The molecule has 0 unspecified atom stereocenters. The summed E-state index contributed by atoms with van der Waals surface area (Å²) >= 11 is 1.95. The van der Waals surface area contributed by atoms with E-state index in [4.69, 9.17) is 4.74 Å². The van der Waals surface area contributed by atoms with Gasteiger partial charge in [0.25, 0.3) is 0 Å². The van der Waals surface area contributed by atoms with Gasteiger partial charge in [0.15, 0.2) is 0 Å². The third-order valence-corrected chi connectivity index (χ3v) is 6.75. The second kappa shape index (κ2) is 6.93. The van der Waals surface area contributed by atoms with Crippen LogP contribution in [-0.4, -0.2) is 71.1 Å². The van der Waals surface area contributed by atoms with Gasteiger partial charge in [-0.15, -0.1) is 0 Å². The van der Waals surface area contributed by atoms with E-state index in [0.717, 1.165) is 50.5 Å². The molecule has 0 saturated carbocycles. The number of amides is 1. The third-order valence-electron chi connectivity index (χ3n) is 5.81. The van der Waals surface area contributed by atoms with Crippen molar-refractivity contribution in [3.05, 3.63) is 35.4 Å². The summed E-state index contributed by atoms with van der Waals surface area (Å²) in [6.07, 6.45) is 2.03. The van der Waals surface area contributed by atoms with Crippen LogP contribution in [0.2, 0.25) is 0 Å². The van der Waals surface area contributed by atoms with Crippen molar-refractivity contribution in [2.75, 3.05) is 37.7 Å². The number of benzene rings is 1. The number of carbonyl (C=O) groups excluding carboxylic acids is 1. The van der Waals surface area contributed by atoms with E-state index in [0.29, 0.717) is 5.91 Å². The van der Waals surface area contributed by atoms with Crippen LogP contribution in [-0.2, 0) is 22.4 Å². The first kappa shape index (κ1) is 17.4. The summed E-state index contributed by atoms with van der Waals surface area (Å²) in [5.74, 6) is 2.46. The van der Waals surface area contributed by atoms with Crippen LogP contribution in [0.1, 0.15) is 25.0 Å². The second-order valence-electron chi connectivity index (χ2n) is 7.72. The fourth-order valence-corrected chi connectivity index (χ4v) is 5.60. The van der Waals surface area contributed by atoms with E-state index < -0.39 is 5.54 Å². The lowest BCUT2D eigenvalue weighted by molar-refractivity contribution is -0.154. The quantitative estimate of drug-likeness (QED) is 0.810. The molecule has 2 aliphatic heterocycles. The molecule has 2 saturated heterocycles. The van der Waals surface area contributed by atoms with Crippen molar-refractivity contribution in [3.63, 3.8) is 0 Å². The largest absolute Gasteiger partial charge is 0.373 e. The van der Waals surface area contributed by atoms with Crippen LogP contribution in [0.3, 0.4) is 0 Å². The van der Waals surface area contributed by atoms with Gasteiger partial charge in [-0.05, 0) is 25.0 Å². The van der Waals surface area contributed by atoms with Crippen LogP contribution < -0.4 is 0 Å². The van der Waals surface area contributed by atoms with Gasteiger partial charge in [-0.25, -0.2) is 0 Å². The van der Waals surface area contributed by atoms with E-state index in [1.54, 1.807) is 0 Å². The molecule has 0 bridgehead atoms. The summed E-state index contributed by atoms with van der Waals surface area (Å²) in [7, 11) is 0. The third kappa shape index (κ3) is 3.22. The summed E-state index contributed by atoms with van der Waals surface area (Å²) in [5.41, 5.74) is 2.26. The maximum Gasteiger partial charge on any atom is 0.243 e. The average Bonchev–Trinajstić information content (AvgIpc) is 3.02. The van der Waals surface area contributed by atoms with E-state index in [9.17, 15) is 4.79 Å². The zero-order chi connectivity index (χ0) is 17.4. The van der Waals surface area contributed by atoms with E-state index in [-0.39, 0.29) is 12.2 Å². The van der Waals surface area contributed by atoms with Crippen molar-refractivity contribution in [3.8, 4) is 0 Å². The maximum atomic E-state index is 13.7. The van der Waals surface area contributed by atoms with Crippen molar-refractivity contribution in [2.24, 2.45) is 0 Å². The number of hydrogen-bond acceptors (Lipinski definition) is 4. The first-order valence-corrected chi connectivity index (χ1v) is 10.6.